The van der Waals surface area contributed by atoms with Crippen molar-refractivity contribution in [1.29, 1.82) is 0 Å². The van der Waals surface area contributed by atoms with Gasteiger partial charge in [-0.15, -0.1) is 0 Å². The molecule has 1 aromatic heterocycles. The summed E-state index contributed by atoms with van der Waals surface area (Å²) in [7, 11) is 1.75. The molecule has 1 atom stereocenters. The van der Waals surface area contributed by atoms with Crippen molar-refractivity contribution in [2.45, 2.75) is 25.8 Å². The molecule has 0 aliphatic rings. The second kappa shape index (κ2) is 6.54. The molecule has 0 bridgehead atoms. The molecule has 112 valence electrons. The number of aliphatic hydroxyl groups excluding tert-OH is 1. The minimum Gasteiger partial charge on any atom is -0.394 e. The Hall–Kier alpha value is -2.14. The van der Waals surface area contributed by atoms with Gasteiger partial charge in [-0.3, -0.25) is 9.48 Å². The molecule has 0 spiro atoms. The van der Waals surface area contributed by atoms with Crippen LogP contribution in [0.1, 0.15) is 47.6 Å². The molecule has 5 nitrogen and oxygen atoms in total. The number of benzene rings is 1. The SMILES string of the molecule is CC(C)c1cc(C(=O)N[C@H](CO)c2ccccc2)n(C)n1. The van der Waals surface area contributed by atoms with Gasteiger partial charge >= 0.3 is 0 Å². The average Bonchev–Trinajstić information content (AvgIpc) is 2.88. The first-order valence-corrected chi connectivity index (χ1v) is 7.03. The van der Waals surface area contributed by atoms with Crippen LogP contribution in [-0.4, -0.2) is 27.4 Å². The lowest BCUT2D eigenvalue weighted by Gasteiger charge is -2.16. The van der Waals surface area contributed by atoms with E-state index >= 15 is 0 Å². The molecule has 21 heavy (non-hydrogen) atoms. The van der Waals surface area contributed by atoms with Gasteiger partial charge in [-0.25, -0.2) is 0 Å². The lowest BCUT2D eigenvalue weighted by molar-refractivity contribution is 0.0906. The number of amides is 1. The molecule has 0 saturated carbocycles. The van der Waals surface area contributed by atoms with E-state index in [1.807, 2.05) is 44.2 Å². The first kappa shape index (κ1) is 15.3. The maximum atomic E-state index is 12.4. The minimum absolute atomic E-state index is 0.148. The molecular weight excluding hydrogens is 266 g/mol. The second-order valence-corrected chi connectivity index (χ2v) is 5.35. The Balaban J connectivity index is 2.17. The van der Waals surface area contributed by atoms with Crippen LogP contribution < -0.4 is 5.32 Å². The Bertz CT molecular complexity index is 605. The molecule has 0 radical (unpaired) electrons. The number of carbonyl (C=O) groups excluding carboxylic acids is 1. The molecule has 2 N–H and O–H groups in total. The highest BCUT2D eigenvalue weighted by molar-refractivity contribution is 5.93. The second-order valence-electron chi connectivity index (χ2n) is 5.35. The third-order valence-electron chi connectivity index (χ3n) is 3.41. The topological polar surface area (TPSA) is 67.2 Å². The van der Waals surface area contributed by atoms with E-state index in [4.69, 9.17) is 0 Å². The minimum atomic E-state index is -0.420. The van der Waals surface area contributed by atoms with Crippen LogP contribution in [-0.2, 0) is 7.05 Å². The smallest absolute Gasteiger partial charge is 0.270 e. The van der Waals surface area contributed by atoms with Crippen molar-refractivity contribution in [3.05, 3.63) is 53.3 Å². The van der Waals surface area contributed by atoms with E-state index in [1.54, 1.807) is 17.8 Å². The zero-order valence-corrected chi connectivity index (χ0v) is 12.6. The van der Waals surface area contributed by atoms with Crippen LogP contribution in [0.4, 0.5) is 0 Å². The molecule has 1 amide bonds. The average molecular weight is 287 g/mol. The highest BCUT2D eigenvalue weighted by Crippen LogP contribution is 2.16. The zero-order chi connectivity index (χ0) is 15.4. The van der Waals surface area contributed by atoms with Crippen molar-refractivity contribution < 1.29 is 9.90 Å². The van der Waals surface area contributed by atoms with Gasteiger partial charge < -0.3 is 10.4 Å². The van der Waals surface area contributed by atoms with Crippen LogP contribution in [0, 0.1) is 0 Å². The highest BCUT2D eigenvalue weighted by atomic mass is 16.3. The summed E-state index contributed by atoms with van der Waals surface area (Å²) in [6.07, 6.45) is 0. The molecule has 0 fully saturated rings. The first-order valence-electron chi connectivity index (χ1n) is 7.03. The van der Waals surface area contributed by atoms with Gasteiger partial charge in [0.1, 0.15) is 5.69 Å². The van der Waals surface area contributed by atoms with Gasteiger partial charge in [0.2, 0.25) is 0 Å². The van der Waals surface area contributed by atoms with Crippen LogP contribution in [0.3, 0.4) is 0 Å². The Morgan fingerprint density at radius 2 is 2.00 bits per heavy atom. The van der Waals surface area contributed by atoms with Gasteiger partial charge in [0.25, 0.3) is 5.91 Å². The summed E-state index contributed by atoms with van der Waals surface area (Å²) in [6.45, 7) is 3.92. The van der Waals surface area contributed by atoms with E-state index in [2.05, 4.69) is 10.4 Å². The Morgan fingerprint density at radius 3 is 2.52 bits per heavy atom. The standard InChI is InChI=1S/C16H21N3O2/c1-11(2)13-9-15(19(3)18-13)16(21)17-14(10-20)12-7-5-4-6-8-12/h4-9,11,14,20H,10H2,1-3H3,(H,17,21)/t14-/m1/s1. The first-order chi connectivity index (χ1) is 10.0. The predicted molar refractivity (Wildman–Crippen MR) is 81.0 cm³/mol. The monoisotopic (exact) mass is 287 g/mol. The van der Waals surface area contributed by atoms with Crippen molar-refractivity contribution in [3.8, 4) is 0 Å². The van der Waals surface area contributed by atoms with Gasteiger partial charge in [-0.1, -0.05) is 44.2 Å². The summed E-state index contributed by atoms with van der Waals surface area (Å²) in [5, 5.41) is 16.7. The van der Waals surface area contributed by atoms with Crippen LogP contribution in [0.25, 0.3) is 0 Å². The van der Waals surface area contributed by atoms with Gasteiger partial charge in [0.05, 0.1) is 18.3 Å². The van der Waals surface area contributed by atoms with E-state index in [0.717, 1.165) is 11.3 Å². The van der Waals surface area contributed by atoms with E-state index < -0.39 is 6.04 Å². The van der Waals surface area contributed by atoms with Crippen LogP contribution in [0.2, 0.25) is 0 Å². The zero-order valence-electron chi connectivity index (χ0n) is 12.6. The number of nitrogens with one attached hydrogen (secondary N) is 1. The lowest BCUT2D eigenvalue weighted by Crippen LogP contribution is -2.32. The van der Waals surface area contributed by atoms with E-state index in [9.17, 15) is 9.90 Å². The molecule has 2 aromatic rings. The van der Waals surface area contributed by atoms with Crippen molar-refractivity contribution in [1.82, 2.24) is 15.1 Å². The maximum absolute atomic E-state index is 12.4. The van der Waals surface area contributed by atoms with Crippen molar-refractivity contribution >= 4 is 5.91 Å². The third-order valence-corrected chi connectivity index (χ3v) is 3.41. The quantitative estimate of drug-likeness (QED) is 0.884. The Labute approximate surface area is 124 Å². The van der Waals surface area contributed by atoms with Gasteiger partial charge in [-0.2, -0.15) is 5.10 Å². The third kappa shape index (κ3) is 3.49. The largest absolute Gasteiger partial charge is 0.394 e. The van der Waals surface area contributed by atoms with Crippen LogP contribution in [0.15, 0.2) is 36.4 Å². The molecule has 5 heteroatoms. The lowest BCUT2D eigenvalue weighted by atomic mass is 10.1. The fourth-order valence-corrected chi connectivity index (χ4v) is 2.14. The Morgan fingerprint density at radius 1 is 1.33 bits per heavy atom. The molecule has 0 aliphatic heterocycles. The number of aryl methyl sites for hydroxylation is 1. The number of hydrogen-bond donors (Lipinski definition) is 2. The number of aliphatic hydroxyl groups is 1. The molecule has 1 aromatic carbocycles. The number of rotatable bonds is 5. The van der Waals surface area contributed by atoms with Crippen molar-refractivity contribution in [3.63, 3.8) is 0 Å². The van der Waals surface area contributed by atoms with Crippen molar-refractivity contribution in [2.75, 3.05) is 6.61 Å². The van der Waals surface area contributed by atoms with Crippen molar-refractivity contribution in [2.24, 2.45) is 7.05 Å². The van der Waals surface area contributed by atoms with Gasteiger partial charge in [-0.05, 0) is 17.5 Å². The van der Waals surface area contributed by atoms with E-state index in [0.29, 0.717) is 5.69 Å². The summed E-state index contributed by atoms with van der Waals surface area (Å²) < 4.78 is 1.57. The molecule has 1 heterocycles. The van der Waals surface area contributed by atoms with Gasteiger partial charge in [0, 0.05) is 7.05 Å². The molecule has 0 saturated heterocycles. The number of nitrogens with zero attached hydrogens (tertiary/aromatic N) is 2. The Kier molecular flexibility index (Phi) is 4.75. The van der Waals surface area contributed by atoms with Crippen LogP contribution in [0.5, 0.6) is 0 Å². The fraction of sp³-hybridized carbons (Fsp3) is 0.375. The fourth-order valence-electron chi connectivity index (χ4n) is 2.14. The number of aromatic nitrogens is 2. The predicted octanol–water partition coefficient (Wildman–Crippen LogP) is 2.01. The molecule has 0 aliphatic carbocycles. The van der Waals surface area contributed by atoms with Crippen LogP contribution >= 0.6 is 0 Å². The molecular formula is C16H21N3O2. The molecule has 0 unspecified atom stereocenters. The summed E-state index contributed by atoms with van der Waals surface area (Å²) in [6, 6.07) is 10.8. The van der Waals surface area contributed by atoms with Gasteiger partial charge in [0.15, 0.2) is 0 Å². The maximum Gasteiger partial charge on any atom is 0.270 e. The van der Waals surface area contributed by atoms with E-state index in [1.165, 1.54) is 0 Å². The summed E-state index contributed by atoms with van der Waals surface area (Å²) in [4.78, 5) is 12.4. The normalized spacial score (nSPS) is 12.4. The summed E-state index contributed by atoms with van der Waals surface area (Å²) >= 11 is 0. The number of carbonyl (C=O) groups is 1. The highest BCUT2D eigenvalue weighted by Gasteiger charge is 2.19. The summed E-state index contributed by atoms with van der Waals surface area (Å²) in [5.74, 6) is 0.0281. The summed E-state index contributed by atoms with van der Waals surface area (Å²) in [5.41, 5.74) is 2.25. The van der Waals surface area contributed by atoms with E-state index in [-0.39, 0.29) is 18.4 Å². The number of hydrogen-bond acceptors (Lipinski definition) is 3. The molecule has 2 rings (SSSR count).